The summed E-state index contributed by atoms with van der Waals surface area (Å²) in [6.07, 6.45) is 3.37. The summed E-state index contributed by atoms with van der Waals surface area (Å²) in [4.78, 5) is 45.6. The first-order chi connectivity index (χ1) is 21.4. The van der Waals surface area contributed by atoms with Crippen LogP contribution < -0.4 is 16.4 Å². The van der Waals surface area contributed by atoms with Crippen LogP contribution in [0.2, 0.25) is 0 Å². The number of hydrogen-bond donors (Lipinski definition) is 3. The lowest BCUT2D eigenvalue weighted by molar-refractivity contribution is -0.143. The van der Waals surface area contributed by atoms with Crippen molar-refractivity contribution in [3.63, 3.8) is 0 Å². The lowest BCUT2D eigenvalue weighted by Crippen LogP contribution is -2.59. The summed E-state index contributed by atoms with van der Waals surface area (Å²) in [5.74, 6) is -0.794. The monoisotopic (exact) mass is 595 g/mol. The highest BCUT2D eigenvalue weighted by Crippen LogP contribution is 2.35. The van der Waals surface area contributed by atoms with Crippen LogP contribution >= 0.6 is 0 Å². The van der Waals surface area contributed by atoms with Gasteiger partial charge in [-0.05, 0) is 55.8 Å². The molecule has 0 radical (unpaired) electrons. The molecule has 5 rings (SSSR count). The second-order valence-corrected chi connectivity index (χ2v) is 12.3. The van der Waals surface area contributed by atoms with Gasteiger partial charge in [0.2, 0.25) is 17.7 Å². The van der Waals surface area contributed by atoms with E-state index in [4.69, 9.17) is 5.73 Å². The van der Waals surface area contributed by atoms with Gasteiger partial charge in [0, 0.05) is 25.0 Å². The van der Waals surface area contributed by atoms with Crippen LogP contribution in [-0.4, -0.2) is 65.3 Å². The van der Waals surface area contributed by atoms with Crippen molar-refractivity contribution in [1.82, 2.24) is 20.4 Å². The molecule has 2 aliphatic rings. The van der Waals surface area contributed by atoms with Crippen molar-refractivity contribution < 1.29 is 14.4 Å². The highest BCUT2D eigenvalue weighted by molar-refractivity contribution is 5.94. The van der Waals surface area contributed by atoms with Crippen molar-refractivity contribution in [3.8, 4) is 0 Å². The zero-order chi connectivity index (χ0) is 31.1. The minimum absolute atomic E-state index is 0.0474. The first-order valence-corrected chi connectivity index (χ1v) is 15.9. The number of fused-ring (bicyclic) bond motifs is 1. The number of carbonyl (C=O) groups is 3. The van der Waals surface area contributed by atoms with Crippen molar-refractivity contribution in [2.75, 3.05) is 13.6 Å². The van der Waals surface area contributed by atoms with E-state index in [0.717, 1.165) is 36.9 Å². The molecule has 3 amide bonds. The van der Waals surface area contributed by atoms with Gasteiger partial charge in [0.05, 0.1) is 12.1 Å². The van der Waals surface area contributed by atoms with E-state index in [1.165, 1.54) is 5.56 Å². The number of benzene rings is 3. The zero-order valence-electron chi connectivity index (χ0n) is 25.8. The highest BCUT2D eigenvalue weighted by Gasteiger charge is 2.48. The lowest BCUT2D eigenvalue weighted by atomic mass is 9.92. The molecular weight excluding hydrogens is 550 g/mol. The quantitative estimate of drug-likeness (QED) is 0.311. The molecule has 0 unspecified atom stereocenters. The van der Waals surface area contributed by atoms with Crippen molar-refractivity contribution >= 4 is 17.7 Å². The maximum atomic E-state index is 14.4. The van der Waals surface area contributed by atoms with Crippen LogP contribution in [0.3, 0.4) is 0 Å². The van der Waals surface area contributed by atoms with E-state index in [0.29, 0.717) is 19.4 Å². The SMILES string of the molecule is CC[C@H](N)C(=O)N[C@@H]1C(=O)N2[C@@H](CC[C@@H]1CN(C)Cc1ccccc1)CC[C@H]2C(=O)NC(c1ccccc1)c1ccccc1. The van der Waals surface area contributed by atoms with Gasteiger partial charge in [-0.25, -0.2) is 0 Å². The van der Waals surface area contributed by atoms with Crippen LogP contribution in [-0.2, 0) is 20.9 Å². The third-order valence-electron chi connectivity index (χ3n) is 9.14. The van der Waals surface area contributed by atoms with Crippen molar-refractivity contribution in [3.05, 3.63) is 108 Å². The molecule has 8 heteroatoms. The number of hydrogen-bond acceptors (Lipinski definition) is 5. The van der Waals surface area contributed by atoms with Gasteiger partial charge >= 0.3 is 0 Å². The fourth-order valence-electron chi connectivity index (χ4n) is 6.76. The molecule has 0 spiro atoms. The number of carbonyl (C=O) groups excluding carboxylic acids is 3. The normalized spacial score (nSPS) is 22.4. The molecule has 5 atom stereocenters. The fourth-order valence-corrected chi connectivity index (χ4v) is 6.76. The van der Waals surface area contributed by atoms with E-state index in [2.05, 4.69) is 27.7 Å². The van der Waals surface area contributed by atoms with Crippen molar-refractivity contribution in [1.29, 1.82) is 0 Å². The molecule has 0 aliphatic carbocycles. The molecule has 8 nitrogen and oxygen atoms in total. The fraction of sp³-hybridized carbons (Fsp3) is 0.417. The van der Waals surface area contributed by atoms with Crippen LogP contribution in [0.1, 0.15) is 61.8 Å². The topological polar surface area (TPSA) is 108 Å². The van der Waals surface area contributed by atoms with Gasteiger partial charge in [-0.15, -0.1) is 0 Å². The minimum Gasteiger partial charge on any atom is -0.343 e. The number of nitrogens with zero attached hydrogens (tertiary/aromatic N) is 2. The Balaban J connectivity index is 1.38. The summed E-state index contributed by atoms with van der Waals surface area (Å²) in [7, 11) is 2.05. The van der Waals surface area contributed by atoms with Crippen LogP contribution in [0.25, 0.3) is 0 Å². The molecule has 44 heavy (non-hydrogen) atoms. The summed E-state index contributed by atoms with van der Waals surface area (Å²) in [6.45, 7) is 3.23. The van der Waals surface area contributed by atoms with Gasteiger partial charge in [-0.3, -0.25) is 14.4 Å². The molecule has 4 N–H and O–H groups in total. The molecule has 232 valence electrons. The van der Waals surface area contributed by atoms with Gasteiger partial charge in [-0.1, -0.05) is 97.9 Å². The standard InChI is InChI=1S/C36H45N5O3/c1-3-30(37)34(42)39-33-28(24-40(2)23-25-13-7-4-8-14-25)19-20-29-21-22-31(41(29)36(33)44)35(43)38-32(26-15-9-5-10-16-26)27-17-11-6-12-18-27/h4-18,28-33H,3,19-24,37H2,1-2H3,(H,38,43)(H,39,42)/t28-,29+,30+,31+,33+/m1/s1. The molecule has 3 aromatic rings. The van der Waals surface area contributed by atoms with E-state index >= 15 is 0 Å². The Morgan fingerprint density at radius 1 is 0.886 bits per heavy atom. The first-order valence-electron chi connectivity index (χ1n) is 15.9. The third-order valence-corrected chi connectivity index (χ3v) is 9.14. The summed E-state index contributed by atoms with van der Waals surface area (Å²) in [6, 6.07) is 27.6. The predicted molar refractivity (Wildman–Crippen MR) is 172 cm³/mol. The number of amides is 3. The number of rotatable bonds is 11. The first kappa shape index (κ1) is 31.4. The molecular formula is C36H45N5O3. The second kappa shape index (κ2) is 14.6. The summed E-state index contributed by atoms with van der Waals surface area (Å²) < 4.78 is 0. The Bertz CT molecular complexity index is 1350. The van der Waals surface area contributed by atoms with Crippen LogP contribution in [0, 0.1) is 5.92 Å². The van der Waals surface area contributed by atoms with Crippen molar-refractivity contribution in [2.24, 2.45) is 11.7 Å². The van der Waals surface area contributed by atoms with Gasteiger partial charge in [0.15, 0.2) is 0 Å². The van der Waals surface area contributed by atoms with E-state index in [9.17, 15) is 14.4 Å². The zero-order valence-corrected chi connectivity index (χ0v) is 25.8. The summed E-state index contributed by atoms with van der Waals surface area (Å²) in [5, 5.41) is 6.30. The van der Waals surface area contributed by atoms with Crippen LogP contribution in [0.15, 0.2) is 91.0 Å². The molecule has 2 heterocycles. The van der Waals surface area contributed by atoms with E-state index in [-0.39, 0.29) is 35.7 Å². The van der Waals surface area contributed by atoms with E-state index in [1.54, 1.807) is 4.90 Å². The Labute approximate surface area is 261 Å². The van der Waals surface area contributed by atoms with Crippen molar-refractivity contribution in [2.45, 2.75) is 75.8 Å². The lowest BCUT2D eigenvalue weighted by Gasteiger charge is -2.34. The highest BCUT2D eigenvalue weighted by atomic mass is 16.2. The molecule has 3 aromatic carbocycles. The Hall–Kier alpha value is -4.01. The Kier molecular flexibility index (Phi) is 10.5. The van der Waals surface area contributed by atoms with Crippen LogP contribution in [0.4, 0.5) is 0 Å². The average molecular weight is 596 g/mol. The van der Waals surface area contributed by atoms with Crippen LogP contribution in [0.5, 0.6) is 0 Å². The van der Waals surface area contributed by atoms with E-state index < -0.39 is 18.1 Å². The Morgan fingerprint density at radius 3 is 2.05 bits per heavy atom. The van der Waals surface area contributed by atoms with Gasteiger partial charge < -0.3 is 26.2 Å². The molecule has 2 saturated heterocycles. The van der Waals surface area contributed by atoms with Gasteiger partial charge in [-0.2, -0.15) is 0 Å². The third kappa shape index (κ3) is 7.37. The summed E-state index contributed by atoms with van der Waals surface area (Å²) >= 11 is 0. The average Bonchev–Trinajstić information content (AvgIpc) is 3.44. The largest absolute Gasteiger partial charge is 0.343 e. The summed E-state index contributed by atoms with van der Waals surface area (Å²) in [5.41, 5.74) is 9.24. The predicted octanol–water partition coefficient (Wildman–Crippen LogP) is 4.02. The molecule has 0 saturated carbocycles. The molecule has 0 aromatic heterocycles. The van der Waals surface area contributed by atoms with E-state index in [1.807, 2.05) is 92.8 Å². The minimum atomic E-state index is -0.754. The number of nitrogens with one attached hydrogen (secondary N) is 2. The smallest absolute Gasteiger partial charge is 0.246 e. The van der Waals surface area contributed by atoms with Gasteiger partial charge in [0.1, 0.15) is 12.1 Å². The molecule has 2 fully saturated rings. The van der Waals surface area contributed by atoms with Gasteiger partial charge in [0.25, 0.3) is 0 Å². The second-order valence-electron chi connectivity index (χ2n) is 12.3. The molecule has 0 bridgehead atoms. The molecule has 2 aliphatic heterocycles. The maximum absolute atomic E-state index is 14.4. The Morgan fingerprint density at radius 2 is 1.45 bits per heavy atom. The maximum Gasteiger partial charge on any atom is 0.246 e. The number of nitrogens with two attached hydrogens (primary N) is 1.